The van der Waals surface area contributed by atoms with Gasteiger partial charge in [-0.15, -0.1) is 11.3 Å². The number of carbonyl (C=O) groups is 1. The summed E-state index contributed by atoms with van der Waals surface area (Å²) >= 11 is 12.3. The lowest BCUT2D eigenvalue weighted by Crippen LogP contribution is -2.54. The van der Waals surface area contributed by atoms with Gasteiger partial charge in [-0.1, -0.05) is 36.7 Å². The van der Waals surface area contributed by atoms with E-state index < -0.39 is 5.54 Å². The molecule has 0 aromatic carbocycles. The second-order valence-corrected chi connectivity index (χ2v) is 5.97. The summed E-state index contributed by atoms with van der Waals surface area (Å²) in [6, 6.07) is 1.71. The van der Waals surface area contributed by atoms with E-state index in [0.717, 1.165) is 25.7 Å². The van der Waals surface area contributed by atoms with Crippen molar-refractivity contribution in [1.29, 1.82) is 0 Å². The summed E-state index contributed by atoms with van der Waals surface area (Å²) in [6.07, 6.45) is 3.71. The normalized spacial score (nSPS) is 17.9. The van der Waals surface area contributed by atoms with Crippen LogP contribution in [0.1, 0.15) is 35.4 Å². The van der Waals surface area contributed by atoms with E-state index in [2.05, 4.69) is 5.32 Å². The average molecular weight is 289 g/mol. The second kappa shape index (κ2) is 4.92. The zero-order valence-electron chi connectivity index (χ0n) is 9.16. The van der Waals surface area contributed by atoms with E-state index >= 15 is 0 Å². The van der Waals surface area contributed by atoms with Crippen LogP contribution in [0.3, 0.4) is 0 Å². The van der Waals surface area contributed by atoms with Crippen molar-refractivity contribution in [3.63, 3.8) is 0 Å². The van der Waals surface area contributed by atoms with Crippen molar-refractivity contribution in [2.75, 3.05) is 0 Å². The Hall–Kier alpha value is -0.650. The summed E-state index contributed by atoms with van der Waals surface area (Å²) in [7, 11) is 0. The quantitative estimate of drug-likeness (QED) is 0.841. The zero-order chi connectivity index (χ0) is 12.5. The van der Waals surface area contributed by atoms with Gasteiger partial charge in [0, 0.05) is 0 Å². The van der Waals surface area contributed by atoms with Crippen LogP contribution in [0.4, 0.5) is 0 Å². The Balaban J connectivity index is 2.17. The van der Waals surface area contributed by atoms with E-state index in [1.165, 1.54) is 11.3 Å². The van der Waals surface area contributed by atoms with Gasteiger partial charge >= 0.3 is 0 Å². The molecule has 0 unspecified atom stereocenters. The van der Waals surface area contributed by atoms with Crippen LogP contribution in [0.2, 0.25) is 5.02 Å². The van der Waals surface area contributed by atoms with Crippen molar-refractivity contribution in [1.82, 2.24) is 5.32 Å². The van der Waals surface area contributed by atoms with Gasteiger partial charge in [0.15, 0.2) is 0 Å². The minimum absolute atomic E-state index is 0.181. The lowest BCUT2D eigenvalue weighted by atomic mass is 9.97. The molecule has 17 heavy (non-hydrogen) atoms. The molecule has 0 saturated heterocycles. The summed E-state index contributed by atoms with van der Waals surface area (Å²) < 4.78 is 0. The first-order chi connectivity index (χ1) is 8.05. The number of thiophene rings is 1. The summed E-state index contributed by atoms with van der Waals surface area (Å²) in [4.78, 5) is 13.0. The van der Waals surface area contributed by atoms with Crippen LogP contribution in [0.15, 0.2) is 11.4 Å². The number of halogens is 1. The summed E-state index contributed by atoms with van der Waals surface area (Å²) in [6.45, 7) is 0. The molecule has 6 heteroatoms. The molecule has 1 fully saturated rings. The monoisotopic (exact) mass is 288 g/mol. The van der Waals surface area contributed by atoms with Crippen molar-refractivity contribution in [3.8, 4) is 0 Å². The van der Waals surface area contributed by atoms with E-state index in [0.29, 0.717) is 14.9 Å². The summed E-state index contributed by atoms with van der Waals surface area (Å²) in [5, 5.41) is 5.22. The van der Waals surface area contributed by atoms with Gasteiger partial charge in [0.25, 0.3) is 5.91 Å². The van der Waals surface area contributed by atoms with Gasteiger partial charge in [-0.25, -0.2) is 0 Å². The third-order valence-electron chi connectivity index (χ3n) is 3.10. The molecule has 0 bridgehead atoms. The molecule has 0 aliphatic heterocycles. The number of hydrogen-bond acceptors (Lipinski definition) is 3. The number of nitrogens with two attached hydrogens (primary N) is 1. The van der Waals surface area contributed by atoms with Gasteiger partial charge in [-0.2, -0.15) is 0 Å². The zero-order valence-corrected chi connectivity index (χ0v) is 11.6. The minimum atomic E-state index is -0.514. The molecule has 1 aromatic rings. The fourth-order valence-corrected chi connectivity index (χ4v) is 3.43. The van der Waals surface area contributed by atoms with E-state index in [1.807, 2.05) is 0 Å². The Bertz CT molecular complexity index is 452. The van der Waals surface area contributed by atoms with Crippen LogP contribution >= 0.6 is 35.2 Å². The van der Waals surface area contributed by atoms with Crippen molar-refractivity contribution in [2.24, 2.45) is 5.73 Å². The summed E-state index contributed by atoms with van der Waals surface area (Å²) in [5.41, 5.74) is 5.25. The Morgan fingerprint density at radius 2 is 2.18 bits per heavy atom. The Labute approximate surface area is 114 Å². The molecule has 1 aliphatic rings. The van der Waals surface area contributed by atoms with Crippen LogP contribution in [0.5, 0.6) is 0 Å². The SMILES string of the molecule is NC(=S)C1(NC(=O)c2sccc2Cl)CCCC1. The van der Waals surface area contributed by atoms with Gasteiger partial charge in [-0.05, 0) is 24.3 Å². The standard InChI is InChI=1S/C11H13ClN2OS2/c12-7-3-6-17-8(7)9(15)14-11(10(13)16)4-1-2-5-11/h3,6H,1-2,4-5H2,(H2,13,16)(H,14,15). The van der Waals surface area contributed by atoms with Crippen LogP contribution in [-0.4, -0.2) is 16.4 Å². The largest absolute Gasteiger partial charge is 0.391 e. The summed E-state index contributed by atoms with van der Waals surface area (Å²) in [5.74, 6) is -0.181. The molecule has 1 amide bonds. The molecule has 1 aliphatic carbocycles. The van der Waals surface area contributed by atoms with Crippen molar-refractivity contribution in [2.45, 2.75) is 31.2 Å². The first-order valence-corrected chi connectivity index (χ1v) is 7.07. The van der Waals surface area contributed by atoms with E-state index in [-0.39, 0.29) is 5.91 Å². The van der Waals surface area contributed by atoms with E-state index in [1.54, 1.807) is 11.4 Å². The number of thiocarbonyl (C=S) groups is 1. The first-order valence-electron chi connectivity index (χ1n) is 5.40. The molecule has 1 saturated carbocycles. The van der Waals surface area contributed by atoms with Crippen molar-refractivity contribution >= 4 is 46.1 Å². The lowest BCUT2D eigenvalue weighted by molar-refractivity contribution is 0.0929. The lowest BCUT2D eigenvalue weighted by Gasteiger charge is -2.28. The second-order valence-electron chi connectivity index (χ2n) is 4.21. The Morgan fingerprint density at radius 3 is 2.65 bits per heavy atom. The maximum Gasteiger partial charge on any atom is 0.263 e. The molecule has 3 nitrogen and oxygen atoms in total. The third kappa shape index (κ3) is 2.46. The number of nitrogens with one attached hydrogen (secondary N) is 1. The fourth-order valence-electron chi connectivity index (χ4n) is 2.14. The number of carbonyl (C=O) groups excluding carboxylic acids is 1. The molecule has 3 N–H and O–H groups in total. The van der Waals surface area contributed by atoms with Crippen molar-refractivity contribution in [3.05, 3.63) is 21.3 Å². The molecule has 2 rings (SSSR count). The van der Waals surface area contributed by atoms with Crippen LogP contribution in [0, 0.1) is 0 Å². The average Bonchev–Trinajstić information content (AvgIpc) is 2.87. The van der Waals surface area contributed by atoms with E-state index in [9.17, 15) is 4.79 Å². The van der Waals surface area contributed by atoms with E-state index in [4.69, 9.17) is 29.6 Å². The molecule has 0 atom stereocenters. The topological polar surface area (TPSA) is 55.1 Å². The van der Waals surface area contributed by atoms with Gasteiger partial charge in [-0.3, -0.25) is 4.79 Å². The van der Waals surface area contributed by atoms with Gasteiger partial charge in [0.1, 0.15) is 4.88 Å². The third-order valence-corrected chi connectivity index (χ3v) is 4.84. The highest BCUT2D eigenvalue weighted by molar-refractivity contribution is 7.80. The maximum absolute atomic E-state index is 12.1. The highest BCUT2D eigenvalue weighted by Gasteiger charge is 2.38. The molecule has 92 valence electrons. The highest BCUT2D eigenvalue weighted by atomic mass is 35.5. The Kier molecular flexibility index (Phi) is 3.70. The van der Waals surface area contributed by atoms with Crippen LogP contribution in [0.25, 0.3) is 0 Å². The highest BCUT2D eigenvalue weighted by Crippen LogP contribution is 2.31. The number of amides is 1. The van der Waals surface area contributed by atoms with Gasteiger partial charge in [0.2, 0.25) is 0 Å². The van der Waals surface area contributed by atoms with Crippen LogP contribution in [-0.2, 0) is 0 Å². The smallest absolute Gasteiger partial charge is 0.263 e. The number of rotatable bonds is 3. The molecular formula is C11H13ClN2OS2. The molecule has 1 aromatic heterocycles. The molecular weight excluding hydrogens is 276 g/mol. The minimum Gasteiger partial charge on any atom is -0.391 e. The Morgan fingerprint density at radius 1 is 1.53 bits per heavy atom. The van der Waals surface area contributed by atoms with Gasteiger partial charge in [0.05, 0.1) is 15.6 Å². The number of hydrogen-bond donors (Lipinski definition) is 2. The molecule has 0 radical (unpaired) electrons. The first kappa shape index (κ1) is 12.8. The van der Waals surface area contributed by atoms with Gasteiger partial charge < -0.3 is 11.1 Å². The van der Waals surface area contributed by atoms with Crippen molar-refractivity contribution < 1.29 is 4.79 Å². The van der Waals surface area contributed by atoms with Crippen LogP contribution < -0.4 is 11.1 Å². The fraction of sp³-hybridized carbons (Fsp3) is 0.455. The maximum atomic E-state index is 12.1. The predicted octanol–water partition coefficient (Wildman–Crippen LogP) is 2.73. The predicted molar refractivity (Wildman–Crippen MR) is 74.8 cm³/mol. The molecule has 0 spiro atoms. The molecule has 1 heterocycles.